The molecule has 2 aliphatic rings. The number of carbonyl (C=O) groups is 1. The predicted molar refractivity (Wildman–Crippen MR) is 113 cm³/mol. The average Bonchev–Trinajstić information content (AvgIpc) is 2.80. The molecule has 0 radical (unpaired) electrons. The Morgan fingerprint density at radius 1 is 1.19 bits per heavy atom. The van der Waals surface area contributed by atoms with E-state index in [-0.39, 0.29) is 11.3 Å². The van der Waals surface area contributed by atoms with Crippen LogP contribution in [0.4, 0.5) is 5.69 Å². The minimum Gasteiger partial charge on any atom is -0.344 e. The fraction of sp³-hybridized carbons (Fsp3) is 0.318. The van der Waals surface area contributed by atoms with Crippen LogP contribution in [-0.2, 0) is 10.2 Å². The van der Waals surface area contributed by atoms with Gasteiger partial charge in [0, 0.05) is 24.1 Å². The van der Waals surface area contributed by atoms with Gasteiger partial charge in [0.2, 0.25) is 5.91 Å². The van der Waals surface area contributed by atoms with Gasteiger partial charge in [0.1, 0.15) is 5.66 Å². The summed E-state index contributed by atoms with van der Waals surface area (Å²) in [5, 5.41) is 4.31. The van der Waals surface area contributed by atoms with E-state index in [1.165, 1.54) is 16.8 Å². The first-order valence-electron chi connectivity index (χ1n) is 9.09. The van der Waals surface area contributed by atoms with Crippen LogP contribution in [0.25, 0.3) is 6.08 Å². The molecule has 2 heterocycles. The molecule has 3 nitrogen and oxygen atoms in total. The van der Waals surface area contributed by atoms with E-state index >= 15 is 0 Å². The number of hydrogen-bond acceptors (Lipinski definition) is 2. The Labute approximate surface area is 170 Å². The number of rotatable bonds is 2. The van der Waals surface area contributed by atoms with E-state index < -0.39 is 5.66 Å². The highest BCUT2D eigenvalue weighted by atomic mass is 35.5. The second kappa shape index (κ2) is 6.29. The van der Waals surface area contributed by atoms with E-state index in [0.29, 0.717) is 23.0 Å². The van der Waals surface area contributed by atoms with Gasteiger partial charge in [0.15, 0.2) is 0 Å². The Balaban J connectivity index is 1.88. The van der Waals surface area contributed by atoms with Crippen LogP contribution < -0.4 is 10.2 Å². The van der Waals surface area contributed by atoms with Crippen LogP contribution in [-0.4, -0.2) is 18.1 Å². The third-order valence-electron chi connectivity index (χ3n) is 5.87. The van der Waals surface area contributed by atoms with Crippen molar-refractivity contribution in [2.75, 3.05) is 11.4 Å². The van der Waals surface area contributed by atoms with Crippen molar-refractivity contribution in [1.82, 2.24) is 5.32 Å². The first-order valence-corrected chi connectivity index (χ1v) is 9.85. The first-order chi connectivity index (χ1) is 12.8. The van der Waals surface area contributed by atoms with Crippen LogP contribution in [0.2, 0.25) is 10.0 Å². The van der Waals surface area contributed by atoms with Gasteiger partial charge in [0.25, 0.3) is 0 Å². The van der Waals surface area contributed by atoms with Crippen molar-refractivity contribution in [1.29, 1.82) is 0 Å². The Morgan fingerprint density at radius 3 is 2.74 bits per heavy atom. The van der Waals surface area contributed by atoms with Gasteiger partial charge >= 0.3 is 0 Å². The van der Waals surface area contributed by atoms with E-state index in [1.54, 1.807) is 6.07 Å². The predicted octanol–water partition coefficient (Wildman–Crippen LogP) is 5.33. The normalized spacial score (nSPS) is 23.3. The van der Waals surface area contributed by atoms with Gasteiger partial charge in [0.05, 0.1) is 10.0 Å². The molecule has 27 heavy (non-hydrogen) atoms. The molecular weight excluding hydrogens is 379 g/mol. The fourth-order valence-electron chi connectivity index (χ4n) is 4.33. The molecule has 2 aromatic carbocycles. The summed E-state index contributed by atoms with van der Waals surface area (Å²) in [4.78, 5) is 14.7. The van der Waals surface area contributed by atoms with Gasteiger partial charge in [-0.3, -0.25) is 4.79 Å². The molecule has 4 rings (SSSR count). The Bertz CT molecular complexity index is 967. The fourth-order valence-corrected chi connectivity index (χ4v) is 4.70. The van der Waals surface area contributed by atoms with Crippen molar-refractivity contribution in [2.24, 2.45) is 0 Å². The van der Waals surface area contributed by atoms with E-state index in [9.17, 15) is 4.79 Å². The van der Waals surface area contributed by atoms with E-state index in [2.05, 4.69) is 55.3 Å². The maximum absolute atomic E-state index is 12.4. The van der Waals surface area contributed by atoms with Gasteiger partial charge in [-0.1, -0.05) is 73.0 Å². The lowest BCUT2D eigenvalue weighted by atomic mass is 9.74. The molecular formula is C22H22Cl2N2O. The van der Waals surface area contributed by atoms with Crippen molar-refractivity contribution in [3.05, 3.63) is 69.2 Å². The van der Waals surface area contributed by atoms with Crippen molar-refractivity contribution >= 4 is 40.9 Å². The van der Waals surface area contributed by atoms with Crippen LogP contribution in [0.15, 0.2) is 42.5 Å². The van der Waals surface area contributed by atoms with Crippen LogP contribution >= 0.6 is 23.2 Å². The zero-order chi connectivity index (χ0) is 19.4. The Kier molecular flexibility index (Phi) is 4.28. The molecule has 0 bridgehead atoms. The number of amides is 1. The summed E-state index contributed by atoms with van der Waals surface area (Å²) in [6.07, 6.45) is 4.52. The van der Waals surface area contributed by atoms with Crippen molar-refractivity contribution in [2.45, 2.75) is 38.3 Å². The summed E-state index contributed by atoms with van der Waals surface area (Å²) < 4.78 is 0. The number of hydrogen-bond donors (Lipinski definition) is 1. The summed E-state index contributed by atoms with van der Waals surface area (Å²) >= 11 is 12.5. The van der Waals surface area contributed by atoms with E-state index in [1.807, 2.05) is 18.2 Å². The molecule has 140 valence electrons. The van der Waals surface area contributed by atoms with Gasteiger partial charge < -0.3 is 10.2 Å². The summed E-state index contributed by atoms with van der Waals surface area (Å²) in [6, 6.07) is 12.1. The molecule has 2 aromatic rings. The number of halogens is 2. The van der Waals surface area contributed by atoms with Gasteiger partial charge in [-0.15, -0.1) is 0 Å². The molecule has 0 aliphatic carbocycles. The van der Waals surface area contributed by atoms with Gasteiger partial charge in [-0.2, -0.15) is 0 Å². The number of benzene rings is 2. The number of fused-ring (bicyclic) bond motifs is 3. The lowest BCUT2D eigenvalue weighted by Crippen LogP contribution is -2.68. The molecule has 1 atom stereocenters. The van der Waals surface area contributed by atoms with Crippen LogP contribution in [0.1, 0.15) is 37.0 Å². The maximum Gasteiger partial charge on any atom is 0.223 e. The summed E-state index contributed by atoms with van der Waals surface area (Å²) in [5.41, 5.74) is 3.50. The van der Waals surface area contributed by atoms with Crippen LogP contribution in [0, 0.1) is 6.92 Å². The topological polar surface area (TPSA) is 32.3 Å². The maximum atomic E-state index is 12.4. The van der Waals surface area contributed by atoms with Crippen molar-refractivity contribution in [3.8, 4) is 0 Å². The molecule has 0 aromatic heterocycles. The number of carbonyl (C=O) groups excluding carboxylic acids is 1. The van der Waals surface area contributed by atoms with E-state index in [4.69, 9.17) is 23.2 Å². The monoisotopic (exact) mass is 400 g/mol. The average molecular weight is 401 g/mol. The molecule has 0 spiro atoms. The second-order valence-electron chi connectivity index (χ2n) is 7.84. The molecule has 1 unspecified atom stereocenters. The summed E-state index contributed by atoms with van der Waals surface area (Å²) in [5.74, 6) is 0.0608. The molecule has 1 amide bonds. The minimum atomic E-state index is -0.649. The quantitative estimate of drug-likeness (QED) is 0.738. The highest BCUT2D eigenvalue weighted by Gasteiger charge is 2.57. The zero-order valence-corrected chi connectivity index (χ0v) is 17.2. The molecule has 0 saturated carbocycles. The Morgan fingerprint density at radius 2 is 1.96 bits per heavy atom. The first kappa shape index (κ1) is 18.4. The van der Waals surface area contributed by atoms with Crippen LogP contribution in [0.5, 0.6) is 0 Å². The number of nitrogens with zero attached hydrogens (tertiary/aromatic N) is 1. The van der Waals surface area contributed by atoms with Gasteiger partial charge in [-0.25, -0.2) is 0 Å². The third-order valence-corrected chi connectivity index (χ3v) is 6.71. The standard InChI is InChI=1S/C22H22Cl2N2O/c1-14-7-8-18-16(13-14)21(2,3)22(25-19(27)10-12-26(18)22)11-9-15-5-4-6-17(23)20(15)24/h4-9,11,13H,10,12H2,1-3H3,(H,25,27)/b11-9+. The highest BCUT2D eigenvalue weighted by Crippen LogP contribution is 2.52. The smallest absolute Gasteiger partial charge is 0.223 e. The van der Waals surface area contributed by atoms with E-state index in [0.717, 1.165) is 5.56 Å². The van der Waals surface area contributed by atoms with Crippen molar-refractivity contribution < 1.29 is 4.79 Å². The molecule has 5 heteroatoms. The summed E-state index contributed by atoms with van der Waals surface area (Å²) in [6.45, 7) is 7.14. The number of nitrogens with one attached hydrogen (secondary N) is 1. The number of anilines is 1. The second-order valence-corrected chi connectivity index (χ2v) is 8.62. The zero-order valence-electron chi connectivity index (χ0n) is 15.6. The molecule has 1 N–H and O–H groups in total. The lowest BCUT2D eigenvalue weighted by molar-refractivity contribution is -0.124. The van der Waals surface area contributed by atoms with Gasteiger partial charge in [-0.05, 0) is 36.3 Å². The number of aryl methyl sites for hydroxylation is 1. The third kappa shape index (κ3) is 2.67. The highest BCUT2D eigenvalue weighted by molar-refractivity contribution is 6.42. The minimum absolute atomic E-state index is 0.0608. The molecule has 1 fully saturated rings. The van der Waals surface area contributed by atoms with Crippen molar-refractivity contribution in [3.63, 3.8) is 0 Å². The van der Waals surface area contributed by atoms with Crippen LogP contribution in [0.3, 0.4) is 0 Å². The molecule has 1 saturated heterocycles. The molecule has 2 aliphatic heterocycles. The SMILES string of the molecule is Cc1ccc2c(c1)C(C)(C)C1(/C=C/c3cccc(Cl)c3Cl)NC(=O)CCN21. The summed E-state index contributed by atoms with van der Waals surface area (Å²) in [7, 11) is 0. The Hall–Kier alpha value is -1.97. The lowest BCUT2D eigenvalue weighted by Gasteiger charge is -2.49. The largest absolute Gasteiger partial charge is 0.344 e.